The van der Waals surface area contributed by atoms with Crippen molar-refractivity contribution in [3.05, 3.63) is 0 Å². The second-order valence-corrected chi connectivity index (χ2v) is 5.68. The maximum Gasteiger partial charge on any atom is 0.151 e. The van der Waals surface area contributed by atoms with Crippen molar-refractivity contribution in [2.24, 2.45) is 0 Å². The average molecular weight is 253 g/mol. The van der Waals surface area contributed by atoms with Gasteiger partial charge in [0.15, 0.2) is 8.64 Å². The molecule has 2 aliphatic heterocycles. The van der Waals surface area contributed by atoms with Gasteiger partial charge in [0, 0.05) is 23.9 Å². The van der Waals surface area contributed by atoms with Crippen LogP contribution in [0.3, 0.4) is 0 Å². The van der Waals surface area contributed by atoms with E-state index in [-0.39, 0.29) is 0 Å². The van der Waals surface area contributed by atoms with E-state index in [0.29, 0.717) is 13.3 Å². The molecule has 2 fully saturated rings. The largest absolute Gasteiger partial charge is 0.355 e. The number of rotatable bonds is 2. The standard InChI is InChI=1S/C4H7N5S4/c10-3-5-1-8(12-3)7-9-2-6-4(11)13-9/h7H,1-2H2,(H,5,10)(H,6,11). The minimum atomic E-state index is 0.702. The first-order valence-corrected chi connectivity index (χ1v) is 5.83. The van der Waals surface area contributed by atoms with Crippen molar-refractivity contribution in [1.29, 1.82) is 0 Å². The Hall–Kier alpha value is 0.360. The summed E-state index contributed by atoms with van der Waals surface area (Å²) in [5, 5.41) is 6.05. The first kappa shape index (κ1) is 9.90. The summed E-state index contributed by atoms with van der Waals surface area (Å²) in [4.78, 5) is 0. The number of hydrazine groups is 2. The number of hydrogen-bond donors (Lipinski definition) is 3. The molecule has 0 aromatic heterocycles. The van der Waals surface area contributed by atoms with E-state index in [0.717, 1.165) is 8.64 Å². The Balaban J connectivity index is 1.78. The summed E-state index contributed by atoms with van der Waals surface area (Å²) < 4.78 is 5.38. The van der Waals surface area contributed by atoms with Crippen molar-refractivity contribution < 1.29 is 0 Å². The number of nitrogens with one attached hydrogen (secondary N) is 3. The van der Waals surface area contributed by atoms with Crippen LogP contribution in [0, 0.1) is 0 Å². The highest BCUT2D eigenvalue weighted by Crippen LogP contribution is 2.18. The molecule has 72 valence electrons. The van der Waals surface area contributed by atoms with Crippen LogP contribution in [0.5, 0.6) is 0 Å². The summed E-state index contributed by atoms with van der Waals surface area (Å²) in [6.45, 7) is 1.40. The van der Waals surface area contributed by atoms with Gasteiger partial charge in [0.25, 0.3) is 0 Å². The van der Waals surface area contributed by atoms with E-state index >= 15 is 0 Å². The predicted octanol–water partition coefficient (Wildman–Crippen LogP) is -0.00240. The molecular formula is C4H7N5S4. The van der Waals surface area contributed by atoms with Crippen LogP contribution in [-0.2, 0) is 0 Å². The second-order valence-electron chi connectivity index (χ2n) is 2.28. The van der Waals surface area contributed by atoms with Gasteiger partial charge in [-0.15, -0.1) is 8.83 Å². The highest BCUT2D eigenvalue weighted by Gasteiger charge is 2.23. The van der Waals surface area contributed by atoms with E-state index in [9.17, 15) is 0 Å². The third-order valence-electron chi connectivity index (χ3n) is 1.34. The van der Waals surface area contributed by atoms with Crippen molar-refractivity contribution in [3.8, 4) is 0 Å². The Kier molecular flexibility index (Phi) is 3.24. The van der Waals surface area contributed by atoms with E-state index in [1.165, 1.54) is 23.9 Å². The van der Waals surface area contributed by atoms with Crippen molar-refractivity contribution in [1.82, 2.24) is 25.0 Å². The van der Waals surface area contributed by atoms with Crippen LogP contribution in [0.2, 0.25) is 0 Å². The Morgan fingerprint density at radius 1 is 1.08 bits per heavy atom. The van der Waals surface area contributed by atoms with E-state index in [4.69, 9.17) is 24.4 Å². The summed E-state index contributed by atoms with van der Waals surface area (Å²) in [7, 11) is 0. The lowest BCUT2D eigenvalue weighted by Crippen LogP contribution is -2.42. The zero-order chi connectivity index (χ0) is 9.26. The van der Waals surface area contributed by atoms with Crippen LogP contribution >= 0.6 is 48.3 Å². The third-order valence-corrected chi connectivity index (χ3v) is 3.56. The van der Waals surface area contributed by atoms with Crippen LogP contribution < -0.4 is 16.2 Å². The number of hydrogen-bond acceptors (Lipinski definition) is 7. The molecule has 0 amide bonds. The molecule has 2 rings (SSSR count). The predicted molar refractivity (Wildman–Crippen MR) is 63.2 cm³/mol. The van der Waals surface area contributed by atoms with Gasteiger partial charge in [-0.05, 0) is 0 Å². The van der Waals surface area contributed by atoms with Crippen LogP contribution in [0.1, 0.15) is 0 Å². The molecule has 2 saturated heterocycles. The van der Waals surface area contributed by atoms with Gasteiger partial charge in [-0.1, -0.05) is 24.4 Å². The fraction of sp³-hybridized carbons (Fsp3) is 0.500. The van der Waals surface area contributed by atoms with Gasteiger partial charge < -0.3 is 10.6 Å². The van der Waals surface area contributed by atoms with Crippen LogP contribution in [0.15, 0.2) is 0 Å². The quantitative estimate of drug-likeness (QED) is 0.466. The lowest BCUT2D eigenvalue weighted by molar-refractivity contribution is 0.200. The van der Waals surface area contributed by atoms with Gasteiger partial charge in [-0.2, -0.15) is 5.53 Å². The second kappa shape index (κ2) is 4.26. The SMILES string of the molecule is S=C1NCN(NN2CNC(=S)S2)S1. The van der Waals surface area contributed by atoms with Crippen molar-refractivity contribution in [2.45, 2.75) is 0 Å². The highest BCUT2D eigenvalue weighted by atomic mass is 32.2. The van der Waals surface area contributed by atoms with Gasteiger partial charge in [0.2, 0.25) is 0 Å². The number of nitrogens with zero attached hydrogens (tertiary/aromatic N) is 2. The molecular weight excluding hydrogens is 246 g/mol. The molecule has 0 radical (unpaired) electrons. The monoisotopic (exact) mass is 253 g/mol. The molecule has 9 heteroatoms. The van der Waals surface area contributed by atoms with Crippen molar-refractivity contribution in [3.63, 3.8) is 0 Å². The van der Waals surface area contributed by atoms with Crippen LogP contribution in [0.4, 0.5) is 0 Å². The van der Waals surface area contributed by atoms with E-state index < -0.39 is 0 Å². The molecule has 2 aliphatic rings. The Morgan fingerprint density at radius 3 is 1.85 bits per heavy atom. The minimum absolute atomic E-state index is 0.702. The Morgan fingerprint density at radius 2 is 1.54 bits per heavy atom. The minimum Gasteiger partial charge on any atom is -0.355 e. The topological polar surface area (TPSA) is 42.6 Å². The van der Waals surface area contributed by atoms with Crippen LogP contribution in [0.25, 0.3) is 0 Å². The Bertz CT molecular complexity index is 221. The summed E-state index contributed by atoms with van der Waals surface area (Å²) >= 11 is 12.9. The maximum atomic E-state index is 4.96. The lowest BCUT2D eigenvalue weighted by atomic mass is 11.0. The lowest BCUT2D eigenvalue weighted by Gasteiger charge is -2.19. The molecule has 0 spiro atoms. The van der Waals surface area contributed by atoms with Gasteiger partial charge in [0.1, 0.15) is 0 Å². The summed E-state index contributed by atoms with van der Waals surface area (Å²) in [5.41, 5.74) is 3.13. The molecule has 0 aromatic carbocycles. The van der Waals surface area contributed by atoms with Crippen molar-refractivity contribution in [2.75, 3.05) is 13.3 Å². The van der Waals surface area contributed by atoms with Crippen molar-refractivity contribution >= 4 is 57.0 Å². The fourth-order valence-corrected chi connectivity index (χ4v) is 2.75. The molecule has 0 aliphatic carbocycles. The molecule has 2 heterocycles. The molecule has 5 nitrogen and oxygen atoms in total. The molecule has 0 unspecified atom stereocenters. The summed E-state index contributed by atoms with van der Waals surface area (Å²) in [6.07, 6.45) is 0. The van der Waals surface area contributed by atoms with Gasteiger partial charge in [-0.3, -0.25) is 0 Å². The van der Waals surface area contributed by atoms with E-state index in [1.54, 1.807) is 0 Å². The molecule has 3 N–H and O–H groups in total. The zero-order valence-electron chi connectivity index (χ0n) is 6.44. The molecule has 13 heavy (non-hydrogen) atoms. The Labute approximate surface area is 95.2 Å². The van der Waals surface area contributed by atoms with E-state index in [1.807, 2.05) is 8.83 Å². The van der Waals surface area contributed by atoms with Crippen LogP contribution in [-0.4, -0.2) is 30.8 Å². The molecule has 0 saturated carbocycles. The third kappa shape index (κ3) is 2.65. The first-order valence-electron chi connectivity index (χ1n) is 3.47. The molecule has 0 bridgehead atoms. The van der Waals surface area contributed by atoms with Gasteiger partial charge in [-0.25, -0.2) is 0 Å². The molecule has 0 aromatic rings. The molecule has 0 atom stereocenters. The highest BCUT2D eigenvalue weighted by molar-refractivity contribution is 8.22. The number of thiocarbonyl (C=S) groups is 2. The first-order chi connectivity index (χ1) is 6.24. The van der Waals surface area contributed by atoms with Gasteiger partial charge in [0.05, 0.1) is 13.3 Å². The van der Waals surface area contributed by atoms with Gasteiger partial charge >= 0.3 is 0 Å². The maximum absolute atomic E-state index is 4.96. The summed E-state index contributed by atoms with van der Waals surface area (Å²) in [6, 6.07) is 0. The smallest absolute Gasteiger partial charge is 0.151 e. The average Bonchev–Trinajstić information content (AvgIpc) is 2.62. The van der Waals surface area contributed by atoms with E-state index in [2.05, 4.69) is 16.2 Å². The fourth-order valence-electron chi connectivity index (χ4n) is 0.838. The summed E-state index contributed by atoms with van der Waals surface area (Å²) in [5.74, 6) is 0. The normalized spacial score (nSPS) is 24.9. The zero-order valence-corrected chi connectivity index (χ0v) is 9.71.